The molecular formula is C50H45GeIrN3O-2. The minimum atomic E-state index is -1.78. The summed E-state index contributed by atoms with van der Waals surface area (Å²) in [6, 6.07) is 48.4. The van der Waals surface area contributed by atoms with Crippen LogP contribution in [-0.2, 0) is 25.5 Å². The SMILES string of the molecule is CC(C)(c1ccnc(-c2[c-]cc(-c3ccccc3)c3c2oc2cc(C#N)ccc23)c1)C1CCCC1.[CH3][Ge]([CH3])([CH3])[c]1ccc(-c2[c-]ccc3ccccc23)nc1.[Ir]. The molecule has 0 amide bonds. The molecule has 1 radical (unpaired) electrons. The van der Waals surface area contributed by atoms with E-state index in [9.17, 15) is 5.26 Å². The number of benzene rings is 5. The quantitative estimate of drug-likeness (QED) is 0.123. The van der Waals surface area contributed by atoms with Crippen molar-refractivity contribution in [3.05, 3.63) is 151 Å². The average molecular weight is 969 g/mol. The zero-order valence-corrected chi connectivity index (χ0v) is 37.1. The van der Waals surface area contributed by atoms with Gasteiger partial charge in [-0.05, 0) is 59.0 Å². The van der Waals surface area contributed by atoms with Crippen molar-refractivity contribution in [2.24, 2.45) is 5.92 Å². The Morgan fingerprint density at radius 1 is 0.786 bits per heavy atom. The molecule has 1 fully saturated rings. The van der Waals surface area contributed by atoms with Crippen LogP contribution in [0.4, 0.5) is 0 Å². The summed E-state index contributed by atoms with van der Waals surface area (Å²) in [6.07, 6.45) is 9.21. The van der Waals surface area contributed by atoms with E-state index in [-0.39, 0.29) is 25.5 Å². The molecule has 0 atom stereocenters. The number of nitriles is 1. The zero-order valence-electron chi connectivity index (χ0n) is 32.6. The summed E-state index contributed by atoms with van der Waals surface area (Å²) in [5.41, 5.74) is 9.47. The summed E-state index contributed by atoms with van der Waals surface area (Å²) < 4.78 is 7.88. The molecule has 3 heterocycles. The molecule has 0 saturated heterocycles. The van der Waals surface area contributed by atoms with E-state index in [0.29, 0.717) is 17.1 Å². The molecule has 6 heteroatoms. The van der Waals surface area contributed by atoms with E-state index < -0.39 is 13.3 Å². The van der Waals surface area contributed by atoms with E-state index in [2.05, 4.69) is 133 Å². The first-order valence-electron chi connectivity index (χ1n) is 19.3. The van der Waals surface area contributed by atoms with Gasteiger partial charge in [-0.25, -0.2) is 0 Å². The van der Waals surface area contributed by atoms with Crippen LogP contribution in [0.2, 0.25) is 17.3 Å². The Bertz CT molecular complexity index is 2680. The van der Waals surface area contributed by atoms with Crippen LogP contribution < -0.4 is 4.40 Å². The van der Waals surface area contributed by atoms with Gasteiger partial charge < -0.3 is 9.40 Å². The molecular weight excluding hydrogens is 923 g/mol. The zero-order chi connectivity index (χ0) is 38.2. The van der Waals surface area contributed by atoms with Crippen molar-refractivity contribution >= 4 is 50.4 Å². The van der Waals surface area contributed by atoms with E-state index in [0.717, 1.165) is 50.0 Å². The normalized spacial score (nSPS) is 13.3. The molecule has 0 unspecified atom stereocenters. The number of pyridine rings is 2. The molecule has 4 nitrogen and oxygen atoms in total. The third-order valence-corrected chi connectivity index (χ3v) is 15.8. The molecule has 281 valence electrons. The molecule has 3 aromatic heterocycles. The Kier molecular flexibility index (Phi) is 11.5. The van der Waals surface area contributed by atoms with Crippen LogP contribution in [-0.4, -0.2) is 23.2 Å². The van der Waals surface area contributed by atoms with Crippen molar-refractivity contribution in [2.45, 2.75) is 62.2 Å². The predicted molar refractivity (Wildman–Crippen MR) is 230 cm³/mol. The maximum absolute atomic E-state index is 9.43. The molecule has 1 aliphatic rings. The fourth-order valence-corrected chi connectivity index (χ4v) is 10.3. The summed E-state index contributed by atoms with van der Waals surface area (Å²) in [7, 11) is 0. The van der Waals surface area contributed by atoms with Crippen molar-refractivity contribution in [1.82, 2.24) is 9.97 Å². The largest absolute Gasteiger partial charge is 0 e. The third-order valence-electron chi connectivity index (χ3n) is 11.5. The Morgan fingerprint density at radius 2 is 1.55 bits per heavy atom. The van der Waals surface area contributed by atoms with E-state index in [1.165, 1.54) is 46.4 Å². The van der Waals surface area contributed by atoms with Crippen LogP contribution >= 0.6 is 0 Å². The Hall–Kier alpha value is -4.86. The molecule has 0 N–H and O–H groups in total. The molecule has 8 aromatic rings. The van der Waals surface area contributed by atoms with Crippen LogP contribution in [0.1, 0.15) is 50.7 Å². The summed E-state index contributed by atoms with van der Waals surface area (Å²) in [6.45, 7) is 4.73. The summed E-state index contributed by atoms with van der Waals surface area (Å²) in [5, 5.41) is 13.9. The second-order valence-corrected chi connectivity index (χ2v) is 27.0. The van der Waals surface area contributed by atoms with Crippen molar-refractivity contribution in [1.29, 1.82) is 5.26 Å². The average Bonchev–Trinajstić information content (AvgIpc) is 3.90. The van der Waals surface area contributed by atoms with Gasteiger partial charge in [-0.15, -0.1) is 12.1 Å². The van der Waals surface area contributed by atoms with Gasteiger partial charge in [0.05, 0.1) is 17.2 Å². The Labute approximate surface area is 346 Å². The first-order valence-corrected chi connectivity index (χ1v) is 26.7. The van der Waals surface area contributed by atoms with Crippen LogP contribution in [0.15, 0.2) is 132 Å². The molecule has 1 aliphatic carbocycles. The fourth-order valence-electron chi connectivity index (χ4n) is 8.14. The Morgan fingerprint density at radius 3 is 2.29 bits per heavy atom. The van der Waals surface area contributed by atoms with Crippen molar-refractivity contribution in [3.63, 3.8) is 0 Å². The predicted octanol–water partition coefficient (Wildman–Crippen LogP) is 12.7. The second-order valence-electron chi connectivity index (χ2n) is 16.3. The van der Waals surface area contributed by atoms with Gasteiger partial charge in [-0.1, -0.05) is 85.8 Å². The first kappa shape index (κ1) is 39.4. The van der Waals surface area contributed by atoms with Gasteiger partial charge in [0.15, 0.2) is 0 Å². The molecule has 5 aromatic carbocycles. The van der Waals surface area contributed by atoms with E-state index in [1.54, 1.807) is 0 Å². The molecule has 1 saturated carbocycles. The standard InChI is InChI=1S/C32H27N2O.C18H18GeN.Ir/c1-32(2,23-10-6-7-11-23)24-16-17-34-28(19-24)26-15-14-25(22-8-4-3-5-9-22)30-27-13-12-21(20-33)18-29(27)35-31(26)30;1-19(2,3)15-11-12-18(20-13-15)17-10-6-8-14-7-4-5-9-16(14)17;/h3-5,8-9,12-14,16-19,23H,6-7,10-11H2,1-2H3;4-9,11-13H,1-3H3;/q2*-1;. The van der Waals surface area contributed by atoms with Crippen molar-refractivity contribution in [2.75, 3.05) is 0 Å². The summed E-state index contributed by atoms with van der Waals surface area (Å²) >= 11 is -1.78. The first-order chi connectivity index (χ1) is 26.6. The van der Waals surface area contributed by atoms with Crippen LogP contribution in [0.5, 0.6) is 0 Å². The third kappa shape index (κ3) is 7.76. The monoisotopic (exact) mass is 970 g/mol. The maximum Gasteiger partial charge on any atom is 0 e. The van der Waals surface area contributed by atoms with Gasteiger partial charge in [0, 0.05) is 31.7 Å². The minimum absolute atomic E-state index is 0. The van der Waals surface area contributed by atoms with Gasteiger partial charge in [0.25, 0.3) is 0 Å². The van der Waals surface area contributed by atoms with Crippen molar-refractivity contribution < 1.29 is 24.5 Å². The summed E-state index contributed by atoms with van der Waals surface area (Å²) in [4.78, 5) is 9.44. The van der Waals surface area contributed by atoms with E-state index in [1.807, 2.05) is 48.7 Å². The second kappa shape index (κ2) is 16.3. The molecule has 9 rings (SSSR count). The summed E-state index contributed by atoms with van der Waals surface area (Å²) in [5.74, 6) is 7.86. The smallest absolute Gasteiger partial charge is 0 e. The topological polar surface area (TPSA) is 62.7 Å². The molecule has 0 aliphatic heterocycles. The van der Waals surface area contributed by atoms with E-state index in [4.69, 9.17) is 9.40 Å². The van der Waals surface area contributed by atoms with Gasteiger partial charge in [-0.3, -0.25) is 0 Å². The maximum atomic E-state index is 9.43. The molecule has 56 heavy (non-hydrogen) atoms. The van der Waals surface area contributed by atoms with Gasteiger partial charge in [0.1, 0.15) is 5.58 Å². The van der Waals surface area contributed by atoms with Gasteiger partial charge in [-0.2, -0.15) is 5.26 Å². The van der Waals surface area contributed by atoms with Crippen LogP contribution in [0.25, 0.3) is 66.4 Å². The fraction of sp³-hybridized carbons (Fsp3) is 0.220. The van der Waals surface area contributed by atoms with Crippen LogP contribution in [0, 0.1) is 29.4 Å². The number of fused-ring (bicyclic) bond motifs is 4. The number of hydrogen-bond acceptors (Lipinski definition) is 4. The van der Waals surface area contributed by atoms with Crippen molar-refractivity contribution in [3.8, 4) is 39.7 Å². The van der Waals surface area contributed by atoms with Gasteiger partial charge >= 0.3 is 123 Å². The molecule has 0 spiro atoms. The molecule has 0 bridgehead atoms. The van der Waals surface area contributed by atoms with Crippen LogP contribution in [0.3, 0.4) is 0 Å². The number of hydrogen-bond donors (Lipinski definition) is 0. The Balaban J connectivity index is 0.000000195. The number of aromatic nitrogens is 2. The van der Waals surface area contributed by atoms with Gasteiger partial charge in [0.2, 0.25) is 0 Å². The van der Waals surface area contributed by atoms with E-state index >= 15 is 0 Å². The number of furan rings is 1. The minimum Gasteiger partial charge on any atom is 0 e. The number of rotatable bonds is 6. The number of nitrogens with zero attached hydrogens (tertiary/aromatic N) is 3.